The SMILES string of the molecule is C=CCOC(=O)C1=C(C)Nc2c(c(=O)n(C)c(=O)n2C)[C@@H]1c1cccc(Cl)c1. The zero-order valence-electron chi connectivity index (χ0n) is 15.8. The molecule has 0 aliphatic carbocycles. The van der Waals surface area contributed by atoms with Gasteiger partial charge in [0.15, 0.2) is 0 Å². The van der Waals surface area contributed by atoms with Crippen LogP contribution in [-0.2, 0) is 23.6 Å². The lowest BCUT2D eigenvalue weighted by atomic mass is 9.82. The predicted octanol–water partition coefficient (Wildman–Crippen LogP) is 2.30. The summed E-state index contributed by atoms with van der Waals surface area (Å²) in [7, 11) is 2.97. The minimum atomic E-state index is -0.738. The maximum Gasteiger partial charge on any atom is 0.337 e. The summed E-state index contributed by atoms with van der Waals surface area (Å²) in [6.45, 7) is 5.29. The fourth-order valence-electron chi connectivity index (χ4n) is 3.39. The van der Waals surface area contributed by atoms with Crippen LogP contribution < -0.4 is 16.6 Å². The van der Waals surface area contributed by atoms with Gasteiger partial charge in [0.05, 0.1) is 17.1 Å². The number of hydrogen-bond acceptors (Lipinski definition) is 5. The highest BCUT2D eigenvalue weighted by Gasteiger charge is 2.37. The second-order valence-electron chi connectivity index (χ2n) is 6.51. The zero-order chi connectivity index (χ0) is 20.6. The number of ether oxygens (including phenoxy) is 1. The molecule has 146 valence electrons. The van der Waals surface area contributed by atoms with Crippen LogP contribution in [0.5, 0.6) is 0 Å². The molecule has 0 saturated carbocycles. The fourth-order valence-corrected chi connectivity index (χ4v) is 3.59. The van der Waals surface area contributed by atoms with Gasteiger partial charge in [0.1, 0.15) is 12.4 Å². The molecule has 7 nitrogen and oxygen atoms in total. The molecule has 1 N–H and O–H groups in total. The van der Waals surface area contributed by atoms with Crippen molar-refractivity contribution in [2.45, 2.75) is 12.8 Å². The normalized spacial score (nSPS) is 15.6. The third-order valence-corrected chi connectivity index (χ3v) is 4.96. The number of carbonyl (C=O) groups excluding carboxylic acids is 1. The maximum absolute atomic E-state index is 13.0. The first kappa shape index (κ1) is 19.7. The zero-order valence-corrected chi connectivity index (χ0v) is 16.5. The number of benzene rings is 1. The Morgan fingerprint density at radius 2 is 2.04 bits per heavy atom. The van der Waals surface area contributed by atoms with Crippen LogP contribution in [0.25, 0.3) is 0 Å². The third-order valence-electron chi connectivity index (χ3n) is 4.72. The van der Waals surface area contributed by atoms with Gasteiger partial charge in [0.25, 0.3) is 5.56 Å². The number of carbonyl (C=O) groups is 1. The molecule has 2 heterocycles. The summed E-state index contributed by atoms with van der Waals surface area (Å²) >= 11 is 6.17. The van der Waals surface area contributed by atoms with Crippen molar-refractivity contribution in [3.63, 3.8) is 0 Å². The van der Waals surface area contributed by atoms with Crippen LogP contribution in [-0.4, -0.2) is 21.7 Å². The quantitative estimate of drug-likeness (QED) is 0.628. The number of rotatable bonds is 4. The van der Waals surface area contributed by atoms with Crippen molar-refractivity contribution in [1.29, 1.82) is 0 Å². The molecular weight excluding hydrogens is 382 g/mol. The largest absolute Gasteiger partial charge is 0.458 e. The Morgan fingerprint density at radius 3 is 2.68 bits per heavy atom. The molecule has 3 rings (SSSR count). The number of esters is 1. The van der Waals surface area contributed by atoms with Crippen molar-refractivity contribution in [2.75, 3.05) is 11.9 Å². The van der Waals surface area contributed by atoms with E-state index in [2.05, 4.69) is 11.9 Å². The molecule has 1 atom stereocenters. The summed E-state index contributed by atoms with van der Waals surface area (Å²) in [5.74, 6) is -0.968. The first-order valence-corrected chi connectivity index (χ1v) is 8.96. The van der Waals surface area contributed by atoms with E-state index in [4.69, 9.17) is 16.3 Å². The van der Waals surface area contributed by atoms with Crippen molar-refractivity contribution in [3.05, 3.63) is 85.2 Å². The van der Waals surface area contributed by atoms with Gasteiger partial charge in [-0.1, -0.05) is 36.4 Å². The van der Waals surface area contributed by atoms with E-state index in [1.807, 2.05) is 0 Å². The lowest BCUT2D eigenvalue weighted by Gasteiger charge is -2.30. The second-order valence-corrected chi connectivity index (χ2v) is 6.94. The van der Waals surface area contributed by atoms with Gasteiger partial charge in [-0.05, 0) is 24.6 Å². The van der Waals surface area contributed by atoms with Gasteiger partial charge in [-0.25, -0.2) is 9.59 Å². The summed E-state index contributed by atoms with van der Waals surface area (Å²) in [5.41, 5.74) is 0.754. The Bertz CT molecular complexity index is 1130. The van der Waals surface area contributed by atoms with Crippen LogP contribution >= 0.6 is 11.6 Å². The third kappa shape index (κ3) is 3.18. The highest BCUT2D eigenvalue weighted by atomic mass is 35.5. The van der Waals surface area contributed by atoms with Crippen LogP contribution in [0.1, 0.15) is 24.0 Å². The molecule has 0 saturated heterocycles. The highest BCUT2D eigenvalue weighted by molar-refractivity contribution is 6.30. The average molecular weight is 402 g/mol. The van der Waals surface area contributed by atoms with Gasteiger partial charge in [-0.2, -0.15) is 0 Å². The summed E-state index contributed by atoms with van der Waals surface area (Å²) in [4.78, 5) is 38.2. The van der Waals surface area contributed by atoms with E-state index in [1.165, 1.54) is 17.7 Å². The van der Waals surface area contributed by atoms with E-state index in [0.717, 1.165) is 4.57 Å². The van der Waals surface area contributed by atoms with Gasteiger partial charge >= 0.3 is 11.7 Å². The Balaban J connectivity index is 2.35. The molecule has 28 heavy (non-hydrogen) atoms. The van der Waals surface area contributed by atoms with Crippen LogP contribution in [0.2, 0.25) is 5.02 Å². The predicted molar refractivity (Wildman–Crippen MR) is 108 cm³/mol. The second kappa shape index (κ2) is 7.52. The minimum Gasteiger partial charge on any atom is -0.458 e. The Kier molecular flexibility index (Phi) is 5.29. The van der Waals surface area contributed by atoms with Crippen LogP contribution in [0.4, 0.5) is 5.82 Å². The molecule has 1 aliphatic rings. The maximum atomic E-state index is 13.0. The van der Waals surface area contributed by atoms with Crippen molar-refractivity contribution in [1.82, 2.24) is 9.13 Å². The first-order chi connectivity index (χ1) is 13.3. The number of hydrogen-bond donors (Lipinski definition) is 1. The molecule has 0 unspecified atom stereocenters. The molecule has 0 fully saturated rings. The van der Waals surface area contributed by atoms with Gasteiger partial charge < -0.3 is 10.1 Å². The Morgan fingerprint density at radius 1 is 1.32 bits per heavy atom. The lowest BCUT2D eigenvalue weighted by molar-refractivity contribution is -0.138. The molecule has 1 aliphatic heterocycles. The van der Waals surface area contributed by atoms with Crippen molar-refractivity contribution in [3.8, 4) is 0 Å². The number of aromatic nitrogens is 2. The van der Waals surface area contributed by atoms with Crippen LogP contribution in [0.15, 0.2) is 57.8 Å². The van der Waals surface area contributed by atoms with Crippen LogP contribution in [0.3, 0.4) is 0 Å². The average Bonchev–Trinajstić information content (AvgIpc) is 2.67. The summed E-state index contributed by atoms with van der Waals surface area (Å²) < 4.78 is 7.63. The first-order valence-electron chi connectivity index (χ1n) is 8.59. The molecule has 0 bridgehead atoms. The van der Waals surface area contributed by atoms with E-state index in [9.17, 15) is 14.4 Å². The summed E-state index contributed by atoms with van der Waals surface area (Å²) in [6.07, 6.45) is 1.47. The molecule has 1 aromatic carbocycles. The van der Waals surface area contributed by atoms with Gasteiger partial charge in [0.2, 0.25) is 0 Å². The molecule has 8 heteroatoms. The number of allylic oxidation sites excluding steroid dienone is 1. The van der Waals surface area contributed by atoms with E-state index >= 15 is 0 Å². The van der Waals surface area contributed by atoms with Gasteiger partial charge in [0, 0.05) is 24.8 Å². The molecule has 0 amide bonds. The minimum absolute atomic E-state index is 0.0377. The van der Waals surface area contributed by atoms with Crippen molar-refractivity contribution in [2.24, 2.45) is 14.1 Å². The highest BCUT2D eigenvalue weighted by Crippen LogP contribution is 2.40. The standard InChI is InChI=1S/C20H20ClN3O4/c1-5-9-28-19(26)14-11(2)22-17-16(18(25)24(4)20(27)23(17)3)15(14)12-7-6-8-13(21)10-12/h5-8,10,15,22H,1,9H2,2-4H3/t15-/m1/s1. The number of nitrogens with zero attached hydrogens (tertiary/aromatic N) is 2. The van der Waals surface area contributed by atoms with E-state index < -0.39 is 23.1 Å². The van der Waals surface area contributed by atoms with Crippen molar-refractivity contribution < 1.29 is 9.53 Å². The Hall–Kier alpha value is -3.06. The smallest absolute Gasteiger partial charge is 0.337 e. The summed E-state index contributed by atoms with van der Waals surface area (Å²) in [5, 5.41) is 3.50. The topological polar surface area (TPSA) is 82.3 Å². The summed E-state index contributed by atoms with van der Waals surface area (Å²) in [6, 6.07) is 6.93. The molecule has 0 radical (unpaired) electrons. The molecule has 2 aromatic rings. The number of fused-ring (bicyclic) bond motifs is 1. The Labute approximate surface area is 166 Å². The van der Waals surface area contributed by atoms with Crippen molar-refractivity contribution >= 4 is 23.4 Å². The van der Waals surface area contributed by atoms with Gasteiger partial charge in [-0.3, -0.25) is 13.9 Å². The van der Waals surface area contributed by atoms with Gasteiger partial charge in [-0.15, -0.1) is 0 Å². The molecular formula is C20H20ClN3O4. The van der Waals surface area contributed by atoms with E-state index in [0.29, 0.717) is 22.1 Å². The number of nitrogens with one attached hydrogen (secondary N) is 1. The number of halogens is 1. The van der Waals surface area contributed by atoms with E-state index in [1.54, 1.807) is 38.2 Å². The molecule has 0 spiro atoms. The molecule has 1 aromatic heterocycles. The lowest BCUT2D eigenvalue weighted by Crippen LogP contribution is -2.43. The van der Waals surface area contributed by atoms with Crippen LogP contribution in [0, 0.1) is 0 Å². The monoisotopic (exact) mass is 401 g/mol. The number of anilines is 1. The van der Waals surface area contributed by atoms with E-state index in [-0.39, 0.29) is 17.7 Å². The fraction of sp³-hybridized carbons (Fsp3) is 0.250.